The summed E-state index contributed by atoms with van der Waals surface area (Å²) in [6, 6.07) is 10.5. The van der Waals surface area contributed by atoms with Crippen LogP contribution in [-0.4, -0.2) is 32.8 Å². The number of rotatable bonds is 5. The molecule has 1 aromatic carbocycles. The quantitative estimate of drug-likeness (QED) is 0.642. The van der Waals surface area contributed by atoms with E-state index in [2.05, 4.69) is 45.4 Å². The van der Waals surface area contributed by atoms with Crippen LogP contribution in [0.1, 0.15) is 29.9 Å². The molecule has 0 aliphatic carbocycles. The lowest BCUT2D eigenvalue weighted by Crippen LogP contribution is -2.33. The Morgan fingerprint density at radius 3 is 2.62 bits per heavy atom. The molecule has 0 radical (unpaired) electrons. The van der Waals surface area contributed by atoms with Gasteiger partial charge in [0.25, 0.3) is 0 Å². The summed E-state index contributed by atoms with van der Waals surface area (Å²) in [5.74, 6) is 2.51. The number of nitrogens with zero attached hydrogens (tertiary/aromatic N) is 5. The summed E-state index contributed by atoms with van der Waals surface area (Å²) >= 11 is 1.74. The van der Waals surface area contributed by atoms with Crippen LogP contribution in [0.4, 0.5) is 5.82 Å². The molecule has 0 spiro atoms. The van der Waals surface area contributed by atoms with Crippen molar-refractivity contribution in [2.45, 2.75) is 29.5 Å². The zero-order chi connectivity index (χ0) is 17.8. The van der Waals surface area contributed by atoms with Gasteiger partial charge >= 0.3 is 0 Å². The first kappa shape index (κ1) is 17.1. The topological polar surface area (TPSA) is 46.8 Å². The molecule has 0 N–H and O–H groups in total. The van der Waals surface area contributed by atoms with E-state index in [1.165, 1.54) is 11.1 Å². The van der Waals surface area contributed by atoms with E-state index < -0.39 is 0 Å². The minimum Gasteiger partial charge on any atom is -0.355 e. The number of hydrogen-bond donors (Lipinski definition) is 0. The second kappa shape index (κ2) is 7.91. The van der Waals surface area contributed by atoms with Gasteiger partial charge in [-0.2, -0.15) is 5.10 Å². The van der Waals surface area contributed by atoms with Gasteiger partial charge in [0.2, 0.25) is 0 Å². The first-order valence-electron chi connectivity index (χ1n) is 9.00. The van der Waals surface area contributed by atoms with Crippen LogP contribution in [0.25, 0.3) is 0 Å². The zero-order valence-corrected chi connectivity index (χ0v) is 15.8. The van der Waals surface area contributed by atoms with Gasteiger partial charge in [0, 0.05) is 32.1 Å². The van der Waals surface area contributed by atoms with E-state index in [4.69, 9.17) is 4.98 Å². The van der Waals surface area contributed by atoms with Crippen molar-refractivity contribution in [3.05, 3.63) is 66.2 Å². The molecule has 3 heterocycles. The molecule has 3 aromatic rings. The number of piperidine rings is 1. The molecule has 2 aromatic heterocycles. The second-order valence-corrected chi connectivity index (χ2v) is 7.69. The molecule has 134 valence electrons. The van der Waals surface area contributed by atoms with Gasteiger partial charge in [-0.1, -0.05) is 30.3 Å². The van der Waals surface area contributed by atoms with Gasteiger partial charge in [-0.05, 0) is 29.9 Å². The van der Waals surface area contributed by atoms with E-state index in [0.29, 0.717) is 5.92 Å². The van der Waals surface area contributed by atoms with E-state index in [9.17, 15) is 0 Å². The summed E-state index contributed by atoms with van der Waals surface area (Å²) in [5, 5.41) is 5.29. The number of benzene rings is 1. The highest BCUT2D eigenvalue weighted by Crippen LogP contribution is 2.30. The average molecular weight is 366 g/mol. The van der Waals surface area contributed by atoms with Gasteiger partial charge in [-0.15, -0.1) is 11.8 Å². The lowest BCUT2D eigenvalue weighted by atomic mass is 9.92. The van der Waals surface area contributed by atoms with Crippen LogP contribution in [0.5, 0.6) is 0 Å². The van der Waals surface area contributed by atoms with Crippen molar-refractivity contribution in [2.75, 3.05) is 18.0 Å². The molecule has 1 aliphatic rings. The molecule has 0 atom stereocenters. The van der Waals surface area contributed by atoms with E-state index in [1.54, 1.807) is 11.8 Å². The molecule has 0 bridgehead atoms. The predicted octanol–water partition coefficient (Wildman–Crippen LogP) is 3.89. The maximum absolute atomic E-state index is 4.82. The molecule has 1 aliphatic heterocycles. The van der Waals surface area contributed by atoms with Crippen molar-refractivity contribution < 1.29 is 0 Å². The number of aromatic nitrogens is 4. The highest BCUT2D eigenvalue weighted by molar-refractivity contribution is 7.98. The predicted molar refractivity (Wildman–Crippen MR) is 105 cm³/mol. The molecule has 4 rings (SSSR count). The standard InChI is InChI=1S/C20H23N5S/c1-24-14-18(11-22-24)17-7-9-25(10-8-17)19-12-21-13-20(23-19)26-15-16-5-3-2-4-6-16/h2-6,11-14,17H,7-10,15H2,1H3. The molecule has 0 saturated carbocycles. The summed E-state index contributed by atoms with van der Waals surface area (Å²) < 4.78 is 1.89. The number of anilines is 1. The lowest BCUT2D eigenvalue weighted by Gasteiger charge is -2.32. The average Bonchev–Trinajstić information content (AvgIpc) is 3.14. The Balaban J connectivity index is 1.36. The van der Waals surface area contributed by atoms with Crippen LogP contribution in [0, 0.1) is 0 Å². The summed E-state index contributed by atoms with van der Waals surface area (Å²) in [6.07, 6.45) is 10.2. The molecule has 26 heavy (non-hydrogen) atoms. The molecule has 6 heteroatoms. The summed E-state index contributed by atoms with van der Waals surface area (Å²) in [4.78, 5) is 11.6. The van der Waals surface area contributed by atoms with Crippen molar-refractivity contribution in [3.63, 3.8) is 0 Å². The highest BCUT2D eigenvalue weighted by atomic mass is 32.2. The fourth-order valence-corrected chi connectivity index (χ4v) is 4.19. The van der Waals surface area contributed by atoms with E-state index in [1.807, 2.05) is 36.4 Å². The third kappa shape index (κ3) is 4.07. The molecular formula is C20H23N5S. The first-order valence-corrected chi connectivity index (χ1v) is 9.99. The van der Waals surface area contributed by atoms with Gasteiger partial charge in [0.1, 0.15) is 10.8 Å². The Labute approximate surface area is 158 Å². The Morgan fingerprint density at radius 2 is 1.88 bits per heavy atom. The van der Waals surface area contributed by atoms with Crippen LogP contribution in [0.2, 0.25) is 0 Å². The van der Waals surface area contributed by atoms with Crippen molar-refractivity contribution >= 4 is 17.6 Å². The zero-order valence-electron chi connectivity index (χ0n) is 15.0. The van der Waals surface area contributed by atoms with Gasteiger partial charge in [0.15, 0.2) is 0 Å². The van der Waals surface area contributed by atoms with Crippen LogP contribution >= 0.6 is 11.8 Å². The van der Waals surface area contributed by atoms with Gasteiger partial charge in [-0.25, -0.2) is 4.98 Å². The number of thioether (sulfide) groups is 1. The molecule has 1 fully saturated rings. The first-order chi connectivity index (χ1) is 12.8. The smallest absolute Gasteiger partial charge is 0.148 e. The molecule has 0 unspecified atom stereocenters. The minimum absolute atomic E-state index is 0.601. The fourth-order valence-electron chi connectivity index (χ4n) is 3.38. The Morgan fingerprint density at radius 1 is 1.08 bits per heavy atom. The molecule has 0 amide bonds. The normalized spacial score (nSPS) is 15.3. The Kier molecular flexibility index (Phi) is 5.20. The van der Waals surface area contributed by atoms with Gasteiger partial charge in [-0.3, -0.25) is 9.67 Å². The van der Waals surface area contributed by atoms with E-state index in [0.717, 1.165) is 42.5 Å². The summed E-state index contributed by atoms with van der Waals surface area (Å²) in [6.45, 7) is 2.03. The lowest BCUT2D eigenvalue weighted by molar-refractivity contribution is 0.501. The maximum atomic E-state index is 4.82. The number of aryl methyl sites for hydroxylation is 1. The van der Waals surface area contributed by atoms with Crippen molar-refractivity contribution in [1.29, 1.82) is 0 Å². The Bertz CT molecular complexity index is 840. The highest BCUT2D eigenvalue weighted by Gasteiger charge is 2.22. The molecule has 1 saturated heterocycles. The van der Waals surface area contributed by atoms with Gasteiger partial charge < -0.3 is 4.90 Å². The van der Waals surface area contributed by atoms with Crippen LogP contribution in [0.3, 0.4) is 0 Å². The van der Waals surface area contributed by atoms with E-state index >= 15 is 0 Å². The minimum atomic E-state index is 0.601. The van der Waals surface area contributed by atoms with E-state index in [-0.39, 0.29) is 0 Å². The maximum Gasteiger partial charge on any atom is 0.148 e. The summed E-state index contributed by atoms with van der Waals surface area (Å²) in [7, 11) is 1.98. The van der Waals surface area contributed by atoms with Crippen LogP contribution < -0.4 is 4.90 Å². The molecular weight excluding hydrogens is 342 g/mol. The number of hydrogen-bond acceptors (Lipinski definition) is 5. The van der Waals surface area contributed by atoms with Crippen LogP contribution in [-0.2, 0) is 12.8 Å². The monoisotopic (exact) mass is 365 g/mol. The molecule has 5 nitrogen and oxygen atoms in total. The van der Waals surface area contributed by atoms with Crippen molar-refractivity contribution in [3.8, 4) is 0 Å². The Hall–Kier alpha value is -2.34. The van der Waals surface area contributed by atoms with Crippen LogP contribution in [0.15, 0.2) is 60.1 Å². The van der Waals surface area contributed by atoms with Crippen molar-refractivity contribution in [1.82, 2.24) is 19.7 Å². The largest absolute Gasteiger partial charge is 0.355 e. The second-order valence-electron chi connectivity index (χ2n) is 6.70. The third-order valence-electron chi connectivity index (χ3n) is 4.84. The SMILES string of the molecule is Cn1cc(C2CCN(c3cncc(SCc4ccccc4)n3)CC2)cn1. The van der Waals surface area contributed by atoms with Crippen molar-refractivity contribution in [2.24, 2.45) is 7.05 Å². The van der Waals surface area contributed by atoms with Gasteiger partial charge in [0.05, 0.1) is 18.6 Å². The fraction of sp³-hybridized carbons (Fsp3) is 0.350. The third-order valence-corrected chi connectivity index (χ3v) is 5.81. The summed E-state index contributed by atoms with van der Waals surface area (Å²) in [5.41, 5.74) is 2.66.